The van der Waals surface area contributed by atoms with Gasteiger partial charge in [-0.3, -0.25) is 14.4 Å². The molecule has 0 aromatic carbocycles. The van der Waals surface area contributed by atoms with Crippen LogP contribution in [0.4, 0.5) is 0 Å². The third-order valence-electron chi connectivity index (χ3n) is 16.3. The molecule has 0 saturated carbocycles. The summed E-state index contributed by atoms with van der Waals surface area (Å²) in [6, 6.07) is 0. The summed E-state index contributed by atoms with van der Waals surface area (Å²) >= 11 is 0. The zero-order valence-corrected chi connectivity index (χ0v) is 54.6. The van der Waals surface area contributed by atoms with Crippen molar-refractivity contribution in [2.45, 2.75) is 399 Å². The maximum Gasteiger partial charge on any atom is 0.306 e. The molecule has 0 amide bonds. The molecule has 0 aromatic heterocycles. The normalized spacial score (nSPS) is 12.3. The van der Waals surface area contributed by atoms with Crippen molar-refractivity contribution in [1.29, 1.82) is 0 Å². The van der Waals surface area contributed by atoms with Crippen LogP contribution < -0.4 is 0 Å². The smallest absolute Gasteiger partial charge is 0.306 e. The summed E-state index contributed by atoms with van der Waals surface area (Å²) in [4.78, 5) is 38.5. The maximum atomic E-state index is 13.0. The summed E-state index contributed by atoms with van der Waals surface area (Å²) < 4.78 is 17.0. The van der Waals surface area contributed by atoms with Gasteiger partial charge in [0.2, 0.25) is 0 Å². The molecular weight excluding hydrogens is 997 g/mol. The second-order valence-electron chi connectivity index (χ2n) is 24.5. The number of rotatable bonds is 67. The average Bonchev–Trinajstić information content (AvgIpc) is 3.47. The van der Waals surface area contributed by atoms with Crippen LogP contribution in [0, 0.1) is 0 Å². The second kappa shape index (κ2) is 69.9. The first-order valence-electron chi connectivity index (χ1n) is 36.1. The molecule has 0 spiro atoms. The molecule has 0 saturated heterocycles. The molecule has 0 heterocycles. The van der Waals surface area contributed by atoms with Crippen LogP contribution in [-0.4, -0.2) is 37.2 Å². The molecule has 6 heteroatoms. The summed E-state index contributed by atoms with van der Waals surface area (Å²) in [5.74, 6) is -0.858. The number of esters is 3. The lowest BCUT2D eigenvalue weighted by Gasteiger charge is -2.18. The lowest BCUT2D eigenvalue weighted by molar-refractivity contribution is -0.167. The van der Waals surface area contributed by atoms with E-state index < -0.39 is 6.10 Å². The number of ether oxygens (including phenoxy) is 3. The van der Waals surface area contributed by atoms with E-state index in [1.165, 1.54) is 276 Å². The number of hydrogen-bond donors (Lipinski definition) is 0. The van der Waals surface area contributed by atoms with Gasteiger partial charge < -0.3 is 14.2 Å². The van der Waals surface area contributed by atoms with Gasteiger partial charge in [-0.05, 0) is 83.5 Å². The van der Waals surface area contributed by atoms with Crippen LogP contribution >= 0.6 is 0 Å². The number of unbranched alkanes of at least 4 members (excludes halogenated alkanes) is 48. The molecule has 1 atom stereocenters. The van der Waals surface area contributed by atoms with E-state index >= 15 is 0 Å². The first-order chi connectivity index (χ1) is 40.0. The molecule has 0 aliphatic rings. The Hall–Kier alpha value is -2.63. The Kier molecular flexibility index (Phi) is 67.6. The molecule has 0 aromatic rings. The molecule has 0 aliphatic carbocycles. The predicted octanol–water partition coefficient (Wildman–Crippen LogP) is 24.9. The van der Waals surface area contributed by atoms with Crippen LogP contribution in [0.15, 0.2) is 48.6 Å². The maximum absolute atomic E-state index is 13.0. The zero-order chi connectivity index (χ0) is 58.5. The number of hydrogen-bond acceptors (Lipinski definition) is 6. The molecule has 0 rings (SSSR count). The van der Waals surface area contributed by atoms with Crippen molar-refractivity contribution in [2.75, 3.05) is 13.2 Å². The van der Waals surface area contributed by atoms with Crippen molar-refractivity contribution in [3.05, 3.63) is 48.6 Å². The van der Waals surface area contributed by atoms with Gasteiger partial charge in [0.25, 0.3) is 0 Å². The first kappa shape index (κ1) is 78.4. The topological polar surface area (TPSA) is 78.9 Å². The second-order valence-corrected chi connectivity index (χ2v) is 24.5. The zero-order valence-electron chi connectivity index (χ0n) is 54.6. The van der Waals surface area contributed by atoms with Gasteiger partial charge in [0, 0.05) is 19.3 Å². The minimum atomic E-state index is -0.780. The van der Waals surface area contributed by atoms with Crippen molar-refractivity contribution in [3.63, 3.8) is 0 Å². The first-order valence-corrected chi connectivity index (χ1v) is 36.1. The summed E-state index contributed by atoms with van der Waals surface area (Å²) in [5.41, 5.74) is 0. The highest BCUT2D eigenvalue weighted by Gasteiger charge is 2.19. The number of allylic oxidation sites excluding steroid dienone is 8. The van der Waals surface area contributed by atoms with Gasteiger partial charge in [-0.25, -0.2) is 0 Å². The minimum absolute atomic E-state index is 0.0739. The van der Waals surface area contributed by atoms with Gasteiger partial charge in [0.1, 0.15) is 13.2 Å². The van der Waals surface area contributed by atoms with E-state index in [2.05, 4.69) is 69.4 Å². The molecule has 81 heavy (non-hydrogen) atoms. The molecule has 1 unspecified atom stereocenters. The largest absolute Gasteiger partial charge is 0.462 e. The highest BCUT2D eigenvalue weighted by Crippen LogP contribution is 2.18. The highest BCUT2D eigenvalue weighted by molar-refractivity contribution is 5.71. The Morgan fingerprint density at radius 1 is 0.247 bits per heavy atom. The van der Waals surface area contributed by atoms with Gasteiger partial charge in [-0.15, -0.1) is 0 Å². The molecular formula is C75H138O6. The van der Waals surface area contributed by atoms with Crippen LogP contribution in [0.1, 0.15) is 393 Å². The van der Waals surface area contributed by atoms with Crippen molar-refractivity contribution in [1.82, 2.24) is 0 Å². The Labute approximate surface area is 505 Å². The predicted molar refractivity (Wildman–Crippen MR) is 353 cm³/mol. The third kappa shape index (κ3) is 68.0. The molecule has 0 bridgehead atoms. The Balaban J connectivity index is 4.32. The fourth-order valence-corrected chi connectivity index (χ4v) is 10.9. The van der Waals surface area contributed by atoms with Crippen LogP contribution in [0.5, 0.6) is 0 Å². The molecule has 0 aliphatic heterocycles. The van der Waals surface area contributed by atoms with Crippen LogP contribution in [0.25, 0.3) is 0 Å². The van der Waals surface area contributed by atoms with E-state index in [-0.39, 0.29) is 31.1 Å². The van der Waals surface area contributed by atoms with Crippen molar-refractivity contribution in [3.8, 4) is 0 Å². The van der Waals surface area contributed by atoms with Crippen LogP contribution in [0.2, 0.25) is 0 Å². The Bertz CT molecular complexity index is 1400. The summed E-state index contributed by atoms with van der Waals surface area (Å²) in [7, 11) is 0. The average molecular weight is 1140 g/mol. The lowest BCUT2D eigenvalue weighted by atomic mass is 10.0. The van der Waals surface area contributed by atoms with E-state index in [1.54, 1.807) is 0 Å². The van der Waals surface area contributed by atoms with E-state index in [1.807, 2.05) is 0 Å². The van der Waals surface area contributed by atoms with Crippen LogP contribution in [0.3, 0.4) is 0 Å². The number of carbonyl (C=O) groups excluding carboxylic acids is 3. The number of carbonyl (C=O) groups is 3. The molecule has 474 valence electrons. The summed E-state index contributed by atoms with van der Waals surface area (Å²) in [5, 5.41) is 0. The lowest BCUT2D eigenvalue weighted by Crippen LogP contribution is -2.30. The molecule has 6 nitrogen and oxygen atoms in total. The Morgan fingerprint density at radius 2 is 0.444 bits per heavy atom. The Morgan fingerprint density at radius 3 is 0.704 bits per heavy atom. The van der Waals surface area contributed by atoms with E-state index in [0.717, 1.165) is 77.0 Å². The quantitative estimate of drug-likeness (QED) is 0.0261. The fraction of sp³-hybridized carbons (Fsp3) is 0.853. The van der Waals surface area contributed by atoms with Crippen molar-refractivity contribution < 1.29 is 28.6 Å². The standard InChI is InChI=1S/C75H138O6/c1-4-7-10-13-16-19-22-25-28-31-33-35-36-37-38-40-41-44-47-50-53-56-59-62-65-68-74(77)80-71-72(70-79-73(76)67-64-61-58-55-52-49-46-43-30-27-24-21-18-15-12-9-6-3)81-75(78)69-66-63-60-57-54-51-48-45-42-39-34-32-29-26-23-20-17-14-11-8-5-2/h23,26,31-34,42,45,72H,4-22,24-25,27-30,35-41,43-44,46-71H2,1-3H3/b26-23-,33-31-,34-32-,45-42-. The van der Waals surface area contributed by atoms with Crippen molar-refractivity contribution >= 4 is 17.9 Å². The fourth-order valence-electron chi connectivity index (χ4n) is 10.9. The summed E-state index contributed by atoms with van der Waals surface area (Å²) in [6.07, 6.45) is 88.5. The van der Waals surface area contributed by atoms with Gasteiger partial charge in [-0.1, -0.05) is 339 Å². The van der Waals surface area contributed by atoms with E-state index in [9.17, 15) is 14.4 Å². The molecule has 0 radical (unpaired) electrons. The van der Waals surface area contributed by atoms with Crippen LogP contribution in [-0.2, 0) is 28.6 Å². The SMILES string of the molecule is CCCCCCC/C=C\C/C=C\C/C=C\CCCCCCCCC(=O)OC(COC(=O)CCCCCCCCCCCCCCC/C=C\CCCCCCCCCC)COC(=O)CCCCCCCCCCCCCCCCCCC. The van der Waals surface area contributed by atoms with E-state index in [4.69, 9.17) is 14.2 Å². The highest BCUT2D eigenvalue weighted by atomic mass is 16.6. The van der Waals surface area contributed by atoms with Gasteiger partial charge >= 0.3 is 17.9 Å². The molecule has 0 N–H and O–H groups in total. The third-order valence-corrected chi connectivity index (χ3v) is 16.3. The van der Waals surface area contributed by atoms with Gasteiger partial charge in [-0.2, -0.15) is 0 Å². The van der Waals surface area contributed by atoms with Gasteiger partial charge in [0.05, 0.1) is 0 Å². The minimum Gasteiger partial charge on any atom is -0.462 e. The molecule has 0 fully saturated rings. The van der Waals surface area contributed by atoms with Gasteiger partial charge in [0.15, 0.2) is 6.10 Å². The van der Waals surface area contributed by atoms with Crippen molar-refractivity contribution in [2.24, 2.45) is 0 Å². The van der Waals surface area contributed by atoms with E-state index in [0.29, 0.717) is 19.3 Å². The monoisotopic (exact) mass is 1140 g/mol. The summed E-state index contributed by atoms with van der Waals surface area (Å²) in [6.45, 7) is 6.69.